The topological polar surface area (TPSA) is 6.48 Å². The molecule has 3 aromatic carbocycles. The first-order valence-corrected chi connectivity index (χ1v) is 14.5. The van der Waals surface area contributed by atoms with Gasteiger partial charge in [0.25, 0.3) is 0 Å². The Hall–Kier alpha value is -2.75. The Morgan fingerprint density at radius 3 is 2.35 bits per heavy atom. The molecule has 0 aromatic heterocycles. The number of benzene rings is 3. The molecular weight excluding hydrogens is 468 g/mol. The van der Waals surface area contributed by atoms with Gasteiger partial charge in [0, 0.05) is 31.8 Å². The summed E-state index contributed by atoms with van der Waals surface area (Å²) in [5.74, 6) is 0. The molecule has 0 bridgehead atoms. The van der Waals surface area contributed by atoms with Crippen molar-refractivity contribution in [1.82, 2.24) is 4.31 Å². The van der Waals surface area contributed by atoms with Crippen molar-refractivity contribution in [3.05, 3.63) is 119 Å². The maximum Gasteiger partial charge on any atom is 0.0514 e. The van der Waals surface area contributed by atoms with Gasteiger partial charge in [0.15, 0.2) is 0 Å². The molecule has 0 aliphatic carbocycles. The summed E-state index contributed by atoms with van der Waals surface area (Å²) in [4.78, 5) is 0. The Labute approximate surface area is 229 Å². The van der Waals surface area contributed by atoms with E-state index in [1.807, 2.05) is 12.1 Å². The lowest BCUT2D eigenvalue weighted by molar-refractivity contribution is 0.490. The van der Waals surface area contributed by atoms with Gasteiger partial charge in [0.05, 0.1) is 5.69 Å². The molecule has 3 aromatic rings. The maximum atomic E-state index is 4.31. The first-order chi connectivity index (χ1) is 18.0. The van der Waals surface area contributed by atoms with Crippen LogP contribution in [0.25, 0.3) is 5.57 Å². The van der Waals surface area contributed by atoms with Crippen molar-refractivity contribution >= 4 is 23.4 Å². The van der Waals surface area contributed by atoms with E-state index in [9.17, 15) is 0 Å². The predicted molar refractivity (Wildman–Crippen MR) is 164 cm³/mol. The van der Waals surface area contributed by atoms with Gasteiger partial charge >= 0.3 is 0 Å². The zero-order valence-electron chi connectivity index (χ0n) is 22.9. The third-order valence-electron chi connectivity index (χ3n) is 7.42. The minimum Gasteiger partial charge on any atom is -0.303 e. The standard InChI is InChI=1S/C34H42N2S/c1-5-35(37-36-24-12-18-33-17-9-10-19-34(33)36)26-31-22-20-30(21-23-31)14-11-13-27(2)28(3)25-29(4)32-15-7-6-8-16-32/h6-10,15-17,19-23H,4-5,11-14,18,24-26H2,1-3H3/b28-27+. The number of allylic oxidation sites excluding steroid dienone is 3. The second kappa shape index (κ2) is 13.7. The van der Waals surface area contributed by atoms with Crippen LogP contribution >= 0.6 is 12.1 Å². The van der Waals surface area contributed by atoms with Crippen molar-refractivity contribution in [2.24, 2.45) is 0 Å². The van der Waals surface area contributed by atoms with Crippen LogP contribution < -0.4 is 4.31 Å². The molecule has 0 radical (unpaired) electrons. The highest BCUT2D eigenvalue weighted by Crippen LogP contribution is 2.33. The Morgan fingerprint density at radius 1 is 0.892 bits per heavy atom. The van der Waals surface area contributed by atoms with Gasteiger partial charge in [-0.25, -0.2) is 4.31 Å². The summed E-state index contributed by atoms with van der Waals surface area (Å²) in [5.41, 5.74) is 11.1. The molecule has 37 heavy (non-hydrogen) atoms. The fraction of sp³-hybridized carbons (Fsp3) is 0.353. The van der Waals surface area contributed by atoms with Gasteiger partial charge < -0.3 is 4.31 Å². The van der Waals surface area contributed by atoms with Crippen molar-refractivity contribution in [2.45, 2.75) is 65.8 Å². The Balaban J connectivity index is 1.25. The van der Waals surface area contributed by atoms with Gasteiger partial charge in [-0.3, -0.25) is 0 Å². The highest BCUT2D eigenvalue weighted by atomic mass is 32.2. The lowest BCUT2D eigenvalue weighted by Crippen LogP contribution is -2.29. The van der Waals surface area contributed by atoms with Crippen molar-refractivity contribution in [2.75, 3.05) is 17.4 Å². The molecule has 4 rings (SSSR count). The number of anilines is 1. The average molecular weight is 511 g/mol. The normalized spacial score (nSPS) is 13.9. The molecule has 194 valence electrons. The molecule has 0 fully saturated rings. The number of nitrogens with zero attached hydrogens (tertiary/aromatic N) is 2. The van der Waals surface area contributed by atoms with Crippen LogP contribution in [0.15, 0.2) is 96.6 Å². The Morgan fingerprint density at radius 2 is 1.59 bits per heavy atom. The van der Waals surface area contributed by atoms with Gasteiger partial charge in [-0.2, -0.15) is 0 Å². The lowest BCUT2D eigenvalue weighted by Gasteiger charge is -2.33. The minimum absolute atomic E-state index is 0.958. The van der Waals surface area contributed by atoms with E-state index in [0.717, 1.165) is 38.9 Å². The van der Waals surface area contributed by atoms with Crippen LogP contribution in [0.2, 0.25) is 0 Å². The fourth-order valence-corrected chi connectivity index (χ4v) is 6.03. The Kier molecular flexibility index (Phi) is 10.1. The second-order valence-corrected chi connectivity index (χ2v) is 11.4. The van der Waals surface area contributed by atoms with Crippen LogP contribution in [-0.2, 0) is 19.4 Å². The molecule has 2 nitrogen and oxygen atoms in total. The summed E-state index contributed by atoms with van der Waals surface area (Å²) >= 11 is 1.89. The van der Waals surface area contributed by atoms with Gasteiger partial charge in [-0.1, -0.05) is 97.4 Å². The molecule has 0 saturated carbocycles. The first kappa shape index (κ1) is 27.3. The largest absolute Gasteiger partial charge is 0.303 e. The van der Waals surface area contributed by atoms with Gasteiger partial charge in [0.1, 0.15) is 0 Å². The zero-order valence-corrected chi connectivity index (χ0v) is 23.7. The van der Waals surface area contributed by atoms with E-state index in [1.165, 1.54) is 63.9 Å². The number of rotatable bonds is 12. The molecule has 1 heterocycles. The number of aryl methyl sites for hydroxylation is 2. The number of hydrogen-bond acceptors (Lipinski definition) is 3. The van der Waals surface area contributed by atoms with Crippen LogP contribution in [-0.4, -0.2) is 17.4 Å². The zero-order chi connectivity index (χ0) is 26.0. The molecule has 0 saturated heterocycles. The number of para-hydroxylation sites is 1. The van der Waals surface area contributed by atoms with E-state index >= 15 is 0 Å². The summed E-state index contributed by atoms with van der Waals surface area (Å²) in [6.07, 6.45) is 6.84. The van der Waals surface area contributed by atoms with Crippen LogP contribution in [0.4, 0.5) is 5.69 Å². The Bertz CT molecular complexity index is 1180. The third kappa shape index (κ3) is 7.87. The van der Waals surface area contributed by atoms with Gasteiger partial charge in [-0.05, 0) is 86.3 Å². The van der Waals surface area contributed by atoms with E-state index in [0.29, 0.717) is 0 Å². The minimum atomic E-state index is 0.958. The van der Waals surface area contributed by atoms with Crippen molar-refractivity contribution in [3.8, 4) is 0 Å². The summed E-state index contributed by atoms with van der Waals surface area (Å²) in [6.45, 7) is 14.2. The fourth-order valence-electron chi connectivity index (χ4n) is 4.95. The van der Waals surface area contributed by atoms with E-state index in [1.54, 1.807) is 0 Å². The van der Waals surface area contributed by atoms with E-state index in [4.69, 9.17) is 0 Å². The molecule has 0 spiro atoms. The quantitative estimate of drug-likeness (QED) is 0.177. The molecule has 0 N–H and O–H groups in total. The first-order valence-electron chi connectivity index (χ1n) is 13.8. The van der Waals surface area contributed by atoms with Crippen molar-refractivity contribution in [1.29, 1.82) is 0 Å². The second-order valence-electron chi connectivity index (χ2n) is 10.2. The van der Waals surface area contributed by atoms with Crippen LogP contribution in [0.1, 0.15) is 68.7 Å². The van der Waals surface area contributed by atoms with Crippen molar-refractivity contribution in [3.63, 3.8) is 0 Å². The highest BCUT2D eigenvalue weighted by Gasteiger charge is 2.19. The number of fused-ring (bicyclic) bond motifs is 1. The summed E-state index contributed by atoms with van der Waals surface area (Å²) in [7, 11) is 0. The summed E-state index contributed by atoms with van der Waals surface area (Å²) < 4.78 is 4.95. The predicted octanol–water partition coefficient (Wildman–Crippen LogP) is 9.29. The average Bonchev–Trinajstić information content (AvgIpc) is 2.94. The van der Waals surface area contributed by atoms with Crippen molar-refractivity contribution < 1.29 is 0 Å². The van der Waals surface area contributed by atoms with Crippen LogP contribution in [0.5, 0.6) is 0 Å². The molecule has 0 unspecified atom stereocenters. The summed E-state index contributed by atoms with van der Waals surface area (Å²) in [5, 5.41) is 0. The smallest absolute Gasteiger partial charge is 0.0514 e. The van der Waals surface area contributed by atoms with Crippen LogP contribution in [0.3, 0.4) is 0 Å². The molecule has 0 amide bonds. The lowest BCUT2D eigenvalue weighted by atomic mass is 9.95. The van der Waals surface area contributed by atoms with Gasteiger partial charge in [0.2, 0.25) is 0 Å². The molecule has 3 heteroatoms. The van der Waals surface area contributed by atoms with E-state index < -0.39 is 0 Å². The molecule has 0 atom stereocenters. The van der Waals surface area contributed by atoms with E-state index in [2.05, 4.69) is 115 Å². The molecule has 1 aliphatic heterocycles. The van der Waals surface area contributed by atoms with Gasteiger partial charge in [-0.15, -0.1) is 0 Å². The third-order valence-corrected chi connectivity index (χ3v) is 8.62. The summed E-state index contributed by atoms with van der Waals surface area (Å²) in [6, 6.07) is 28.7. The monoisotopic (exact) mass is 510 g/mol. The molecular formula is C34H42N2S. The molecule has 1 aliphatic rings. The SMILES string of the molecule is C=C(C/C(C)=C(\C)CCCc1ccc(CN(CC)SN2CCCc3ccccc32)cc1)c1ccccc1. The van der Waals surface area contributed by atoms with Crippen LogP contribution in [0, 0.1) is 0 Å². The highest BCUT2D eigenvalue weighted by molar-refractivity contribution is 7.98. The van der Waals surface area contributed by atoms with E-state index in [-0.39, 0.29) is 0 Å². The number of hydrogen-bond donors (Lipinski definition) is 0. The maximum absolute atomic E-state index is 4.31.